The van der Waals surface area contributed by atoms with E-state index in [0.29, 0.717) is 6.61 Å². The number of para-hydroxylation sites is 1. The van der Waals surface area contributed by atoms with E-state index in [1.807, 2.05) is 79.6 Å². The van der Waals surface area contributed by atoms with Gasteiger partial charge in [0.1, 0.15) is 18.1 Å². The molecule has 0 saturated carbocycles. The standard InChI is InChI=1S/C26H22N4O/c1-18-15-21(13-14-27-18)23-16-30(2)29-26(23)17-31-22-10-7-20(8-11-22)25-12-9-19-5-3-4-6-24(19)28-25/h3-16H,17H2,1-2H3. The molecule has 0 radical (unpaired) electrons. The third-order valence-electron chi connectivity index (χ3n) is 5.24. The number of pyridine rings is 2. The van der Waals surface area contributed by atoms with Gasteiger partial charge in [-0.3, -0.25) is 9.67 Å². The maximum Gasteiger partial charge on any atom is 0.133 e. The molecule has 5 nitrogen and oxygen atoms in total. The highest BCUT2D eigenvalue weighted by Gasteiger charge is 2.11. The fraction of sp³-hybridized carbons (Fsp3) is 0.115. The van der Waals surface area contributed by atoms with Crippen LogP contribution in [0.4, 0.5) is 0 Å². The van der Waals surface area contributed by atoms with E-state index in [9.17, 15) is 0 Å². The first-order valence-corrected chi connectivity index (χ1v) is 10.2. The van der Waals surface area contributed by atoms with Crippen molar-refractivity contribution >= 4 is 10.9 Å². The van der Waals surface area contributed by atoms with Crippen LogP contribution in [0.25, 0.3) is 33.3 Å². The number of rotatable bonds is 5. The van der Waals surface area contributed by atoms with Gasteiger partial charge in [-0.15, -0.1) is 0 Å². The number of aromatic nitrogens is 4. The Labute approximate surface area is 181 Å². The van der Waals surface area contributed by atoms with Crippen LogP contribution in [0, 0.1) is 6.92 Å². The number of nitrogens with zero attached hydrogens (tertiary/aromatic N) is 4. The molecule has 5 aromatic rings. The molecule has 3 aromatic heterocycles. The Morgan fingerprint density at radius 2 is 1.74 bits per heavy atom. The highest BCUT2D eigenvalue weighted by atomic mass is 16.5. The quantitative estimate of drug-likeness (QED) is 0.382. The molecule has 2 aromatic carbocycles. The summed E-state index contributed by atoms with van der Waals surface area (Å²) in [6.45, 7) is 2.38. The van der Waals surface area contributed by atoms with Crippen LogP contribution < -0.4 is 4.74 Å². The van der Waals surface area contributed by atoms with Gasteiger partial charge in [-0.25, -0.2) is 4.98 Å². The third-order valence-corrected chi connectivity index (χ3v) is 5.24. The van der Waals surface area contributed by atoms with Gasteiger partial charge in [-0.05, 0) is 61.0 Å². The second-order valence-corrected chi connectivity index (χ2v) is 7.55. The summed E-state index contributed by atoms with van der Waals surface area (Å²) in [7, 11) is 1.92. The Bertz CT molecular complexity index is 1360. The van der Waals surface area contributed by atoms with Gasteiger partial charge in [0.2, 0.25) is 0 Å². The highest BCUT2D eigenvalue weighted by molar-refractivity contribution is 5.81. The van der Waals surface area contributed by atoms with Crippen molar-refractivity contribution in [3.05, 3.63) is 96.6 Å². The number of hydrogen-bond acceptors (Lipinski definition) is 4. The SMILES string of the molecule is Cc1cc(-c2cn(C)nc2COc2ccc(-c3ccc4ccccc4n3)cc2)ccn1. The largest absolute Gasteiger partial charge is 0.487 e. The topological polar surface area (TPSA) is 52.8 Å². The summed E-state index contributed by atoms with van der Waals surface area (Å²) in [5.74, 6) is 0.798. The van der Waals surface area contributed by atoms with Crippen LogP contribution in [0.2, 0.25) is 0 Å². The van der Waals surface area contributed by atoms with E-state index >= 15 is 0 Å². The number of fused-ring (bicyclic) bond motifs is 1. The molecular formula is C26H22N4O. The molecule has 3 heterocycles. The average Bonchev–Trinajstić information content (AvgIpc) is 3.18. The minimum atomic E-state index is 0.394. The maximum absolute atomic E-state index is 6.05. The molecule has 0 N–H and O–H groups in total. The lowest BCUT2D eigenvalue weighted by Gasteiger charge is -2.08. The molecule has 0 bridgehead atoms. The molecule has 0 aliphatic heterocycles. The monoisotopic (exact) mass is 406 g/mol. The summed E-state index contributed by atoms with van der Waals surface area (Å²) in [6, 6.07) is 24.4. The summed E-state index contributed by atoms with van der Waals surface area (Å²) in [5.41, 5.74) is 7.03. The number of benzene rings is 2. The molecule has 0 unspecified atom stereocenters. The zero-order chi connectivity index (χ0) is 21.2. The lowest BCUT2D eigenvalue weighted by molar-refractivity contribution is 0.300. The molecule has 0 amide bonds. The van der Waals surface area contributed by atoms with Gasteiger partial charge in [0, 0.05) is 41.6 Å². The Hall–Kier alpha value is -3.99. The number of ether oxygens (including phenoxy) is 1. The van der Waals surface area contributed by atoms with Crippen molar-refractivity contribution in [2.24, 2.45) is 7.05 Å². The molecule has 0 fully saturated rings. The van der Waals surface area contributed by atoms with Crippen LogP contribution in [0.15, 0.2) is 85.2 Å². The van der Waals surface area contributed by atoms with Crippen molar-refractivity contribution in [1.82, 2.24) is 19.7 Å². The summed E-state index contributed by atoms with van der Waals surface area (Å²) in [6.07, 6.45) is 3.84. The Kier molecular flexibility index (Phi) is 4.92. The Balaban J connectivity index is 1.34. The maximum atomic E-state index is 6.05. The predicted molar refractivity (Wildman–Crippen MR) is 123 cm³/mol. The van der Waals surface area contributed by atoms with Gasteiger partial charge in [0.25, 0.3) is 0 Å². The fourth-order valence-electron chi connectivity index (χ4n) is 3.70. The molecule has 5 heteroatoms. The summed E-state index contributed by atoms with van der Waals surface area (Å²) in [4.78, 5) is 9.05. The lowest BCUT2D eigenvalue weighted by Crippen LogP contribution is -1.99. The molecule has 0 aliphatic rings. The first-order chi connectivity index (χ1) is 15.2. The van der Waals surface area contributed by atoms with Crippen LogP contribution in [-0.4, -0.2) is 19.7 Å². The van der Waals surface area contributed by atoms with Crippen molar-refractivity contribution < 1.29 is 4.74 Å². The van der Waals surface area contributed by atoms with Crippen LogP contribution >= 0.6 is 0 Å². The summed E-state index contributed by atoms with van der Waals surface area (Å²) >= 11 is 0. The van der Waals surface area contributed by atoms with Gasteiger partial charge in [-0.1, -0.05) is 24.3 Å². The van der Waals surface area contributed by atoms with Crippen molar-refractivity contribution in [1.29, 1.82) is 0 Å². The van der Waals surface area contributed by atoms with E-state index in [0.717, 1.165) is 50.4 Å². The second-order valence-electron chi connectivity index (χ2n) is 7.55. The van der Waals surface area contributed by atoms with Crippen LogP contribution in [-0.2, 0) is 13.7 Å². The fourth-order valence-corrected chi connectivity index (χ4v) is 3.70. The van der Waals surface area contributed by atoms with E-state index in [1.54, 1.807) is 0 Å². The van der Waals surface area contributed by atoms with E-state index < -0.39 is 0 Å². The Morgan fingerprint density at radius 3 is 2.58 bits per heavy atom. The van der Waals surface area contributed by atoms with E-state index in [2.05, 4.69) is 34.3 Å². The molecule has 0 spiro atoms. The predicted octanol–water partition coefficient (Wildman–Crippen LogP) is 5.58. The first-order valence-electron chi connectivity index (χ1n) is 10.2. The van der Waals surface area contributed by atoms with Crippen LogP contribution in [0.5, 0.6) is 5.75 Å². The smallest absolute Gasteiger partial charge is 0.133 e. The van der Waals surface area contributed by atoms with Gasteiger partial charge >= 0.3 is 0 Å². The minimum Gasteiger partial charge on any atom is -0.487 e. The minimum absolute atomic E-state index is 0.394. The van der Waals surface area contributed by atoms with Crippen molar-refractivity contribution in [2.45, 2.75) is 13.5 Å². The summed E-state index contributed by atoms with van der Waals surface area (Å²) < 4.78 is 7.86. The van der Waals surface area contributed by atoms with E-state index in [1.165, 1.54) is 0 Å². The second kappa shape index (κ2) is 8.03. The normalized spacial score (nSPS) is 11.0. The van der Waals surface area contributed by atoms with Crippen LogP contribution in [0.1, 0.15) is 11.4 Å². The van der Waals surface area contributed by atoms with E-state index in [4.69, 9.17) is 9.72 Å². The van der Waals surface area contributed by atoms with Gasteiger partial charge in [0.15, 0.2) is 0 Å². The molecule has 0 aliphatic carbocycles. The average molecular weight is 406 g/mol. The molecule has 31 heavy (non-hydrogen) atoms. The van der Waals surface area contributed by atoms with E-state index in [-0.39, 0.29) is 0 Å². The zero-order valence-electron chi connectivity index (χ0n) is 17.5. The number of aryl methyl sites for hydroxylation is 2. The van der Waals surface area contributed by atoms with Crippen molar-refractivity contribution in [3.8, 4) is 28.1 Å². The van der Waals surface area contributed by atoms with Gasteiger partial charge < -0.3 is 4.74 Å². The first kappa shape index (κ1) is 19.0. The molecule has 152 valence electrons. The van der Waals surface area contributed by atoms with Crippen molar-refractivity contribution in [3.63, 3.8) is 0 Å². The van der Waals surface area contributed by atoms with Gasteiger partial charge in [0.05, 0.1) is 11.2 Å². The molecule has 5 rings (SSSR count). The Morgan fingerprint density at radius 1 is 0.903 bits per heavy atom. The lowest BCUT2D eigenvalue weighted by atomic mass is 10.1. The van der Waals surface area contributed by atoms with Crippen LogP contribution in [0.3, 0.4) is 0 Å². The summed E-state index contributed by atoms with van der Waals surface area (Å²) in [5, 5.41) is 5.73. The molecule has 0 atom stereocenters. The third kappa shape index (κ3) is 4.03. The zero-order valence-corrected chi connectivity index (χ0v) is 17.5. The highest BCUT2D eigenvalue weighted by Crippen LogP contribution is 2.26. The molecule has 0 saturated heterocycles. The van der Waals surface area contributed by atoms with Gasteiger partial charge in [-0.2, -0.15) is 5.10 Å². The number of hydrogen-bond donors (Lipinski definition) is 0. The molecular weight excluding hydrogens is 384 g/mol. The van der Waals surface area contributed by atoms with Crippen molar-refractivity contribution in [2.75, 3.05) is 0 Å².